The quantitative estimate of drug-likeness (QED) is 0.792. The maximum atomic E-state index is 4.52. The molecule has 94 valence electrons. The van der Waals surface area contributed by atoms with E-state index in [2.05, 4.69) is 31.2 Å². The number of hydrogen-bond acceptors (Lipinski definition) is 4. The Kier molecular flexibility index (Phi) is 2.26. The maximum Gasteiger partial charge on any atom is 0.142 e. The zero-order chi connectivity index (χ0) is 11.9. The third-order valence-corrected chi connectivity index (χ3v) is 4.23. The molecule has 0 aromatic carbocycles. The molecular formula is C13H17N5. The van der Waals surface area contributed by atoms with E-state index in [1.807, 2.05) is 6.20 Å². The van der Waals surface area contributed by atoms with E-state index < -0.39 is 0 Å². The number of piperidine rings is 1. The fourth-order valence-electron chi connectivity index (χ4n) is 3.40. The van der Waals surface area contributed by atoms with Crippen molar-refractivity contribution in [2.45, 2.75) is 31.3 Å². The predicted molar refractivity (Wildman–Crippen MR) is 70.7 cm³/mol. The molecule has 2 atom stereocenters. The van der Waals surface area contributed by atoms with Gasteiger partial charge in [0, 0.05) is 24.8 Å². The Labute approximate surface area is 106 Å². The standard InChI is InChI=1S/C13H17N5/c1-2-11-10(14-5-1)4-7-18(11)13-9-3-6-15-12(9)16-8-17-13/h3,6,8,10-11,14H,1-2,4-5,7H2,(H,15,16,17)/t10?,11-/m1/s1. The minimum absolute atomic E-state index is 0.603. The molecule has 2 saturated heterocycles. The van der Waals surface area contributed by atoms with Crippen LogP contribution in [0.5, 0.6) is 0 Å². The molecular weight excluding hydrogens is 226 g/mol. The van der Waals surface area contributed by atoms with Crippen LogP contribution in [0.15, 0.2) is 18.6 Å². The van der Waals surface area contributed by atoms with Crippen molar-refractivity contribution in [3.63, 3.8) is 0 Å². The van der Waals surface area contributed by atoms with E-state index in [0.717, 1.165) is 23.4 Å². The lowest BCUT2D eigenvalue weighted by Crippen LogP contribution is -2.47. The van der Waals surface area contributed by atoms with Crippen LogP contribution < -0.4 is 10.2 Å². The summed E-state index contributed by atoms with van der Waals surface area (Å²) in [5, 5.41) is 4.77. The molecule has 2 aromatic heterocycles. The SMILES string of the molecule is c1nc(N2CCC3NCCC[C@H]32)c2cc[nH]c2n1. The lowest BCUT2D eigenvalue weighted by molar-refractivity contribution is 0.382. The Morgan fingerprint density at radius 2 is 2.28 bits per heavy atom. The van der Waals surface area contributed by atoms with Gasteiger partial charge in [-0.3, -0.25) is 0 Å². The molecule has 0 radical (unpaired) electrons. The largest absolute Gasteiger partial charge is 0.351 e. The number of H-pyrrole nitrogens is 1. The normalized spacial score (nSPS) is 27.7. The zero-order valence-corrected chi connectivity index (χ0v) is 10.3. The Morgan fingerprint density at radius 3 is 3.28 bits per heavy atom. The lowest BCUT2D eigenvalue weighted by atomic mass is 9.99. The molecule has 2 N–H and O–H groups in total. The number of aromatic amines is 1. The second-order valence-corrected chi connectivity index (χ2v) is 5.19. The van der Waals surface area contributed by atoms with Gasteiger partial charge in [0.15, 0.2) is 0 Å². The highest BCUT2D eigenvalue weighted by Gasteiger charge is 2.36. The molecule has 2 aromatic rings. The van der Waals surface area contributed by atoms with Gasteiger partial charge in [-0.1, -0.05) is 0 Å². The van der Waals surface area contributed by atoms with Gasteiger partial charge in [0.1, 0.15) is 17.8 Å². The molecule has 1 unspecified atom stereocenters. The first-order valence-electron chi connectivity index (χ1n) is 6.71. The molecule has 2 aliphatic rings. The molecule has 4 heterocycles. The van der Waals surface area contributed by atoms with E-state index in [1.54, 1.807) is 6.33 Å². The molecule has 0 saturated carbocycles. The number of fused-ring (bicyclic) bond motifs is 2. The topological polar surface area (TPSA) is 56.8 Å². The summed E-state index contributed by atoms with van der Waals surface area (Å²) in [7, 11) is 0. The van der Waals surface area contributed by atoms with Gasteiger partial charge in [0.25, 0.3) is 0 Å². The average Bonchev–Trinajstić information content (AvgIpc) is 3.05. The Balaban J connectivity index is 1.76. The molecule has 2 fully saturated rings. The number of rotatable bonds is 1. The van der Waals surface area contributed by atoms with Crippen molar-refractivity contribution in [1.29, 1.82) is 0 Å². The summed E-state index contributed by atoms with van der Waals surface area (Å²) in [5.41, 5.74) is 0.937. The summed E-state index contributed by atoms with van der Waals surface area (Å²) in [6.07, 6.45) is 7.36. The van der Waals surface area contributed by atoms with Crippen LogP contribution in [0, 0.1) is 0 Å². The Bertz CT molecular complexity index is 563. The summed E-state index contributed by atoms with van der Waals surface area (Å²) in [4.78, 5) is 14.4. The number of anilines is 1. The van der Waals surface area contributed by atoms with Crippen molar-refractivity contribution in [3.05, 3.63) is 18.6 Å². The Morgan fingerprint density at radius 1 is 1.28 bits per heavy atom. The van der Waals surface area contributed by atoms with Crippen molar-refractivity contribution >= 4 is 16.9 Å². The van der Waals surface area contributed by atoms with Crippen LogP contribution in [-0.2, 0) is 0 Å². The highest BCUT2D eigenvalue weighted by Crippen LogP contribution is 2.32. The van der Waals surface area contributed by atoms with Crippen LogP contribution in [0.3, 0.4) is 0 Å². The third kappa shape index (κ3) is 1.43. The second-order valence-electron chi connectivity index (χ2n) is 5.19. The highest BCUT2D eigenvalue weighted by molar-refractivity contribution is 5.87. The molecule has 5 heteroatoms. The van der Waals surface area contributed by atoms with Crippen molar-refractivity contribution in [3.8, 4) is 0 Å². The van der Waals surface area contributed by atoms with Crippen LogP contribution in [-0.4, -0.2) is 40.1 Å². The van der Waals surface area contributed by atoms with Crippen molar-refractivity contribution in [2.24, 2.45) is 0 Å². The molecule has 18 heavy (non-hydrogen) atoms. The summed E-state index contributed by atoms with van der Waals surface area (Å²) in [6, 6.07) is 3.32. The van der Waals surface area contributed by atoms with Crippen LogP contribution in [0.1, 0.15) is 19.3 Å². The summed E-state index contributed by atoms with van der Waals surface area (Å²) in [6.45, 7) is 2.26. The molecule has 0 amide bonds. The van der Waals surface area contributed by atoms with Crippen LogP contribution in [0.2, 0.25) is 0 Å². The van der Waals surface area contributed by atoms with Crippen molar-refractivity contribution in [1.82, 2.24) is 20.3 Å². The third-order valence-electron chi connectivity index (χ3n) is 4.23. The molecule has 2 aliphatic heterocycles. The van der Waals surface area contributed by atoms with E-state index in [9.17, 15) is 0 Å². The first kappa shape index (κ1) is 10.3. The number of nitrogens with one attached hydrogen (secondary N) is 2. The Hall–Kier alpha value is -1.62. The number of hydrogen-bond donors (Lipinski definition) is 2. The smallest absolute Gasteiger partial charge is 0.142 e. The maximum absolute atomic E-state index is 4.52. The van der Waals surface area contributed by atoms with Crippen molar-refractivity contribution < 1.29 is 0 Å². The molecule has 0 spiro atoms. The average molecular weight is 243 g/mol. The monoisotopic (exact) mass is 243 g/mol. The number of nitrogens with zero attached hydrogens (tertiary/aromatic N) is 3. The van der Waals surface area contributed by atoms with E-state index in [-0.39, 0.29) is 0 Å². The minimum atomic E-state index is 0.603. The fourth-order valence-corrected chi connectivity index (χ4v) is 3.40. The van der Waals surface area contributed by atoms with Gasteiger partial charge in [-0.15, -0.1) is 0 Å². The highest BCUT2D eigenvalue weighted by atomic mass is 15.3. The second kappa shape index (κ2) is 3.95. The molecule has 0 bridgehead atoms. The van der Waals surface area contributed by atoms with Gasteiger partial charge in [-0.2, -0.15) is 0 Å². The number of aromatic nitrogens is 3. The summed E-state index contributed by atoms with van der Waals surface area (Å²) < 4.78 is 0. The first-order chi connectivity index (χ1) is 8.93. The van der Waals surface area contributed by atoms with Crippen molar-refractivity contribution in [2.75, 3.05) is 18.0 Å². The molecule has 4 rings (SSSR count). The molecule has 0 aliphatic carbocycles. The summed E-state index contributed by atoms with van der Waals surface area (Å²) in [5.74, 6) is 1.09. The first-order valence-corrected chi connectivity index (χ1v) is 6.71. The van der Waals surface area contributed by atoms with Gasteiger partial charge in [0.2, 0.25) is 0 Å². The van der Waals surface area contributed by atoms with Gasteiger partial charge in [-0.05, 0) is 31.9 Å². The minimum Gasteiger partial charge on any atom is -0.351 e. The molecule has 5 nitrogen and oxygen atoms in total. The summed E-state index contributed by atoms with van der Waals surface area (Å²) >= 11 is 0. The van der Waals surface area contributed by atoms with E-state index in [4.69, 9.17) is 0 Å². The van der Waals surface area contributed by atoms with Gasteiger partial charge in [0.05, 0.1) is 5.39 Å². The lowest BCUT2D eigenvalue weighted by Gasteiger charge is -2.33. The van der Waals surface area contributed by atoms with Crippen LogP contribution in [0.4, 0.5) is 5.82 Å². The van der Waals surface area contributed by atoms with Gasteiger partial charge < -0.3 is 15.2 Å². The van der Waals surface area contributed by atoms with Crippen LogP contribution >= 0.6 is 0 Å². The van der Waals surface area contributed by atoms with E-state index >= 15 is 0 Å². The zero-order valence-electron chi connectivity index (χ0n) is 10.3. The van der Waals surface area contributed by atoms with Crippen LogP contribution in [0.25, 0.3) is 11.0 Å². The predicted octanol–water partition coefficient (Wildman–Crippen LogP) is 1.29. The fraction of sp³-hybridized carbons (Fsp3) is 0.538. The van der Waals surface area contributed by atoms with E-state index in [1.165, 1.54) is 25.8 Å². The van der Waals surface area contributed by atoms with Gasteiger partial charge >= 0.3 is 0 Å². The van der Waals surface area contributed by atoms with E-state index in [0.29, 0.717) is 12.1 Å². The van der Waals surface area contributed by atoms with Gasteiger partial charge in [-0.25, -0.2) is 9.97 Å².